The molecule has 37 heavy (non-hydrogen) atoms. The number of rotatable bonds is 8. The van der Waals surface area contributed by atoms with Gasteiger partial charge >= 0.3 is 6.18 Å². The van der Waals surface area contributed by atoms with Crippen LogP contribution in [-0.2, 0) is 11.0 Å². The van der Waals surface area contributed by atoms with E-state index in [2.05, 4.69) is 15.6 Å². The molecular weight excluding hydrogens is 497 g/mol. The van der Waals surface area contributed by atoms with E-state index in [0.29, 0.717) is 17.5 Å². The number of anilines is 1. The van der Waals surface area contributed by atoms with Crippen molar-refractivity contribution in [3.05, 3.63) is 59.9 Å². The molecule has 1 unspecified atom stereocenters. The van der Waals surface area contributed by atoms with Crippen LogP contribution in [0.5, 0.6) is 5.75 Å². The van der Waals surface area contributed by atoms with Gasteiger partial charge in [0.2, 0.25) is 0 Å². The van der Waals surface area contributed by atoms with Crippen LogP contribution in [0.1, 0.15) is 24.5 Å². The summed E-state index contributed by atoms with van der Waals surface area (Å²) in [4.78, 5) is 18.2. The van der Waals surface area contributed by atoms with Gasteiger partial charge in [-0.2, -0.15) is 13.2 Å². The number of methoxy groups -OCH3 is 1. The molecular formula is C25H28F5N5O2. The number of hydrogen-bond acceptors (Lipinski definition) is 6. The van der Waals surface area contributed by atoms with Gasteiger partial charge in [-0.3, -0.25) is 10.2 Å². The van der Waals surface area contributed by atoms with Crippen LogP contribution in [0, 0.1) is 11.3 Å². The van der Waals surface area contributed by atoms with Gasteiger partial charge in [0, 0.05) is 38.0 Å². The standard InChI is InChI=1S/C25H28F5N5O2/c1-15-10-24(26,27)14-35(20(15)13-34-21-8-7-17(11-33-21)25(28,29)30)23(36)22(31)19(12-32-2)16-5-4-6-18(9-16)37-3/h4-9,11-12,15,20,31-32H,10,13-14H2,1-3H3,(H,33,34)/b19-12-,31-22?/t15-,20?/m1/s1. The van der Waals surface area contributed by atoms with E-state index in [0.717, 1.165) is 17.0 Å². The van der Waals surface area contributed by atoms with Crippen molar-refractivity contribution in [1.29, 1.82) is 5.41 Å². The lowest BCUT2D eigenvalue weighted by atomic mass is 9.87. The molecule has 200 valence electrons. The molecule has 1 aliphatic heterocycles. The molecule has 0 spiro atoms. The number of piperidine rings is 1. The first-order valence-corrected chi connectivity index (χ1v) is 11.4. The number of amides is 1. The second-order valence-electron chi connectivity index (χ2n) is 8.80. The number of pyridine rings is 1. The molecule has 1 amide bonds. The Balaban J connectivity index is 1.85. The normalized spacial score (nSPS) is 19.8. The highest BCUT2D eigenvalue weighted by atomic mass is 19.4. The van der Waals surface area contributed by atoms with Gasteiger partial charge in [-0.15, -0.1) is 0 Å². The van der Waals surface area contributed by atoms with Crippen molar-refractivity contribution in [2.75, 3.05) is 32.6 Å². The summed E-state index contributed by atoms with van der Waals surface area (Å²) < 4.78 is 72.7. The number of carbonyl (C=O) groups is 1. The Bertz CT molecular complexity index is 1150. The molecule has 3 N–H and O–H groups in total. The summed E-state index contributed by atoms with van der Waals surface area (Å²) in [7, 11) is 3.05. The number of nitrogens with zero attached hydrogens (tertiary/aromatic N) is 2. The van der Waals surface area contributed by atoms with E-state index in [4.69, 9.17) is 10.1 Å². The zero-order valence-electron chi connectivity index (χ0n) is 20.5. The minimum atomic E-state index is -4.54. The molecule has 2 aromatic rings. The molecule has 0 saturated carbocycles. The lowest BCUT2D eigenvalue weighted by Crippen LogP contribution is -2.58. The molecule has 1 aliphatic rings. The van der Waals surface area contributed by atoms with E-state index in [-0.39, 0.29) is 17.9 Å². The van der Waals surface area contributed by atoms with Gasteiger partial charge in [0.1, 0.15) is 17.3 Å². The molecule has 2 heterocycles. The number of halogens is 5. The van der Waals surface area contributed by atoms with Crippen LogP contribution >= 0.6 is 0 Å². The highest BCUT2D eigenvalue weighted by Gasteiger charge is 2.46. The maximum Gasteiger partial charge on any atom is 0.417 e. The SMILES string of the molecule is CN/C=C(\C(=N)C(=O)N1CC(F)(F)C[C@@H](C)C1CNc1ccc(C(F)(F)F)cn1)c1cccc(OC)c1. The Labute approximate surface area is 211 Å². The first kappa shape index (κ1) is 27.9. The van der Waals surface area contributed by atoms with Crippen molar-refractivity contribution in [1.82, 2.24) is 15.2 Å². The van der Waals surface area contributed by atoms with Gasteiger partial charge in [0.25, 0.3) is 11.8 Å². The van der Waals surface area contributed by atoms with Gasteiger partial charge in [0.15, 0.2) is 0 Å². The summed E-state index contributed by atoms with van der Waals surface area (Å²) in [6.45, 7) is 0.630. The third kappa shape index (κ3) is 6.75. The summed E-state index contributed by atoms with van der Waals surface area (Å²) in [5.41, 5.74) is -0.753. The molecule has 1 saturated heterocycles. The Kier molecular flexibility index (Phi) is 8.39. The van der Waals surface area contributed by atoms with Crippen LogP contribution in [-0.4, -0.2) is 60.7 Å². The zero-order valence-corrected chi connectivity index (χ0v) is 20.5. The zero-order chi connectivity index (χ0) is 27.4. The number of alkyl halides is 5. The second kappa shape index (κ2) is 11.1. The molecule has 7 nitrogen and oxygen atoms in total. The van der Waals surface area contributed by atoms with Crippen molar-refractivity contribution >= 4 is 23.0 Å². The minimum absolute atomic E-state index is 0.0428. The maximum absolute atomic E-state index is 14.5. The van der Waals surface area contributed by atoms with Gasteiger partial charge in [-0.05, 0) is 35.7 Å². The number of benzene rings is 1. The van der Waals surface area contributed by atoms with E-state index >= 15 is 0 Å². The fourth-order valence-electron chi connectivity index (χ4n) is 4.25. The predicted molar refractivity (Wildman–Crippen MR) is 130 cm³/mol. The van der Waals surface area contributed by atoms with E-state index in [1.54, 1.807) is 38.2 Å². The number of likely N-dealkylation sites (tertiary alicyclic amines) is 1. The van der Waals surface area contributed by atoms with Gasteiger partial charge < -0.3 is 20.3 Å². The van der Waals surface area contributed by atoms with Crippen LogP contribution < -0.4 is 15.4 Å². The Morgan fingerprint density at radius 3 is 2.62 bits per heavy atom. The Hall–Kier alpha value is -3.70. The molecule has 1 fully saturated rings. The highest BCUT2D eigenvalue weighted by Crippen LogP contribution is 2.35. The van der Waals surface area contributed by atoms with Crippen LogP contribution in [0.4, 0.5) is 27.8 Å². The van der Waals surface area contributed by atoms with Gasteiger partial charge in [-0.1, -0.05) is 19.1 Å². The van der Waals surface area contributed by atoms with E-state index < -0.39 is 54.2 Å². The maximum atomic E-state index is 14.5. The molecule has 12 heteroatoms. The van der Waals surface area contributed by atoms with Crippen LogP contribution in [0.15, 0.2) is 48.8 Å². The van der Waals surface area contributed by atoms with Crippen molar-refractivity contribution in [3.63, 3.8) is 0 Å². The fraction of sp³-hybridized carbons (Fsp3) is 0.400. The third-order valence-electron chi connectivity index (χ3n) is 6.08. The number of hydrogen-bond donors (Lipinski definition) is 3. The van der Waals surface area contributed by atoms with Crippen LogP contribution in [0.3, 0.4) is 0 Å². The molecule has 0 radical (unpaired) electrons. The summed E-state index contributed by atoms with van der Waals surface area (Å²) in [5, 5.41) is 14.2. The summed E-state index contributed by atoms with van der Waals surface area (Å²) in [6, 6.07) is 7.87. The average Bonchev–Trinajstić information content (AvgIpc) is 2.84. The molecule has 3 rings (SSSR count). The first-order chi connectivity index (χ1) is 17.4. The largest absolute Gasteiger partial charge is 0.497 e. The smallest absolute Gasteiger partial charge is 0.417 e. The van der Waals surface area contributed by atoms with E-state index in [1.165, 1.54) is 13.3 Å². The van der Waals surface area contributed by atoms with Crippen molar-refractivity contribution in [3.8, 4) is 5.75 Å². The lowest BCUT2D eigenvalue weighted by molar-refractivity contribution is -0.145. The molecule has 0 aliphatic carbocycles. The topological polar surface area (TPSA) is 90.3 Å². The molecule has 1 aromatic heterocycles. The monoisotopic (exact) mass is 525 g/mol. The molecule has 1 aromatic carbocycles. The first-order valence-electron chi connectivity index (χ1n) is 11.4. The summed E-state index contributed by atoms with van der Waals surface area (Å²) >= 11 is 0. The fourth-order valence-corrected chi connectivity index (χ4v) is 4.25. The number of nitrogens with one attached hydrogen (secondary N) is 3. The Morgan fingerprint density at radius 2 is 2.03 bits per heavy atom. The number of ether oxygens (including phenoxy) is 1. The third-order valence-corrected chi connectivity index (χ3v) is 6.08. The summed E-state index contributed by atoms with van der Waals surface area (Å²) in [5.74, 6) is -4.14. The lowest BCUT2D eigenvalue weighted by Gasteiger charge is -2.43. The van der Waals surface area contributed by atoms with E-state index in [9.17, 15) is 26.7 Å². The minimum Gasteiger partial charge on any atom is -0.497 e. The highest BCUT2D eigenvalue weighted by molar-refractivity contribution is 6.54. The van der Waals surface area contributed by atoms with E-state index in [1.807, 2.05) is 0 Å². The van der Waals surface area contributed by atoms with Gasteiger partial charge in [-0.25, -0.2) is 13.8 Å². The quantitative estimate of drug-likeness (QED) is 0.344. The summed E-state index contributed by atoms with van der Waals surface area (Å²) in [6.07, 6.45) is -2.92. The molecule has 0 bridgehead atoms. The predicted octanol–water partition coefficient (Wildman–Crippen LogP) is 4.67. The van der Waals surface area contributed by atoms with Crippen LogP contribution in [0.25, 0.3) is 5.57 Å². The second-order valence-corrected chi connectivity index (χ2v) is 8.80. The number of aromatic nitrogens is 1. The average molecular weight is 526 g/mol. The Morgan fingerprint density at radius 1 is 1.30 bits per heavy atom. The van der Waals surface area contributed by atoms with Crippen molar-refractivity contribution in [2.24, 2.45) is 5.92 Å². The van der Waals surface area contributed by atoms with Crippen LogP contribution in [0.2, 0.25) is 0 Å². The van der Waals surface area contributed by atoms with Crippen molar-refractivity contribution in [2.45, 2.75) is 31.5 Å². The molecule has 2 atom stereocenters. The van der Waals surface area contributed by atoms with Crippen molar-refractivity contribution < 1.29 is 31.5 Å². The number of carbonyl (C=O) groups excluding carboxylic acids is 1. The van der Waals surface area contributed by atoms with Gasteiger partial charge in [0.05, 0.1) is 25.3 Å².